The van der Waals surface area contributed by atoms with Crippen molar-refractivity contribution < 1.29 is 14.3 Å². The zero-order valence-corrected chi connectivity index (χ0v) is 17.4. The normalized spacial score (nSPS) is 10.0. The summed E-state index contributed by atoms with van der Waals surface area (Å²) in [5, 5.41) is 3.86. The lowest BCUT2D eigenvalue weighted by Crippen LogP contribution is -2.03. The summed E-state index contributed by atoms with van der Waals surface area (Å²) in [5.74, 6) is 1.37. The number of oxime groups is 1. The molecule has 0 aromatic heterocycles. The van der Waals surface area contributed by atoms with Crippen LogP contribution in [0.15, 0.2) is 36.8 Å². The summed E-state index contributed by atoms with van der Waals surface area (Å²) in [7, 11) is 0. The summed E-state index contributed by atoms with van der Waals surface area (Å²) in [4.78, 5) is 5.11. The zero-order valence-electron chi connectivity index (χ0n) is 12.7. The fourth-order valence-corrected chi connectivity index (χ4v) is 2.93. The number of rotatable bonds is 9. The van der Waals surface area contributed by atoms with Gasteiger partial charge in [0.1, 0.15) is 29.2 Å². The van der Waals surface area contributed by atoms with Gasteiger partial charge in [0.25, 0.3) is 0 Å². The van der Waals surface area contributed by atoms with Crippen molar-refractivity contribution >= 4 is 60.8 Å². The monoisotopic (exact) mass is 487 g/mol. The molecule has 23 heavy (non-hydrogen) atoms. The van der Waals surface area contributed by atoms with E-state index in [1.54, 1.807) is 6.08 Å². The lowest BCUT2D eigenvalue weighted by atomic mass is 10.3. The van der Waals surface area contributed by atoms with E-state index in [9.17, 15) is 0 Å². The van der Waals surface area contributed by atoms with E-state index in [4.69, 9.17) is 37.5 Å². The number of hydrogen-bond donors (Lipinski definition) is 0. The average molecular weight is 490 g/mol. The van der Waals surface area contributed by atoms with Crippen molar-refractivity contribution in [3.8, 4) is 11.5 Å². The van der Waals surface area contributed by atoms with Crippen LogP contribution in [0, 0.1) is 0 Å². The Morgan fingerprint density at radius 3 is 2.35 bits per heavy atom. The van der Waals surface area contributed by atoms with E-state index in [1.165, 1.54) is 0 Å². The quantitative estimate of drug-likeness (QED) is 0.239. The molecule has 0 heterocycles. The fraction of sp³-hybridized carbons (Fsp3) is 0.400. The molecule has 0 saturated heterocycles. The first-order valence-electron chi connectivity index (χ1n) is 6.79. The van der Waals surface area contributed by atoms with Crippen LogP contribution < -0.4 is 9.47 Å². The summed E-state index contributed by atoms with van der Waals surface area (Å²) in [5.41, 5.74) is 0.886. The third kappa shape index (κ3) is 8.84. The van der Waals surface area contributed by atoms with E-state index in [0.29, 0.717) is 24.7 Å². The number of ether oxygens (including phenoxy) is 2. The Hall–Kier alpha value is -0.430. The maximum Gasteiger partial charge on any atom is 0.147 e. The summed E-state index contributed by atoms with van der Waals surface area (Å²) < 4.78 is 13.0. The minimum Gasteiger partial charge on any atom is -0.491 e. The molecule has 0 N–H and O–H groups in total. The molecule has 0 bridgehead atoms. The van der Waals surface area contributed by atoms with Gasteiger partial charge in [0.05, 0.1) is 21.3 Å². The summed E-state index contributed by atoms with van der Waals surface area (Å²) in [6.07, 6.45) is 2.29. The van der Waals surface area contributed by atoms with Crippen LogP contribution in [0.2, 0.25) is 0 Å². The summed E-state index contributed by atoms with van der Waals surface area (Å²) >= 11 is 18.0. The lowest BCUT2D eigenvalue weighted by molar-refractivity contribution is 0.127. The molecule has 1 aromatic carbocycles. The first kappa shape index (κ1) is 20.6. The average Bonchev–Trinajstić information content (AvgIpc) is 2.44. The largest absolute Gasteiger partial charge is 0.491 e. The molecule has 8 heteroatoms. The van der Waals surface area contributed by atoms with Crippen molar-refractivity contribution in [3.05, 3.63) is 31.6 Å². The molecule has 0 aliphatic rings. The Morgan fingerprint density at radius 1 is 1.13 bits per heavy atom. The molecule has 128 valence electrons. The van der Waals surface area contributed by atoms with Crippen molar-refractivity contribution in [1.82, 2.24) is 0 Å². The van der Waals surface area contributed by atoms with Gasteiger partial charge in [-0.05, 0) is 63.9 Å². The van der Waals surface area contributed by atoms with E-state index >= 15 is 0 Å². The smallest absolute Gasteiger partial charge is 0.147 e. The molecule has 0 radical (unpaired) electrons. The number of benzene rings is 1. The minimum atomic E-state index is 0.174. The molecule has 4 nitrogen and oxygen atoms in total. The van der Waals surface area contributed by atoms with Gasteiger partial charge in [-0.15, -0.1) is 0 Å². The van der Waals surface area contributed by atoms with E-state index < -0.39 is 0 Å². The van der Waals surface area contributed by atoms with Crippen LogP contribution in [-0.2, 0) is 4.84 Å². The predicted molar refractivity (Wildman–Crippen MR) is 102 cm³/mol. The maximum atomic E-state index is 5.74. The highest BCUT2D eigenvalue weighted by Crippen LogP contribution is 2.37. The van der Waals surface area contributed by atoms with Gasteiger partial charge in [0, 0.05) is 6.42 Å². The van der Waals surface area contributed by atoms with Crippen molar-refractivity contribution in [3.63, 3.8) is 0 Å². The molecule has 0 saturated carbocycles. The van der Waals surface area contributed by atoms with E-state index in [0.717, 1.165) is 21.1 Å². The summed E-state index contributed by atoms with van der Waals surface area (Å²) in [6, 6.07) is 3.63. The Balaban J connectivity index is 2.50. The van der Waals surface area contributed by atoms with Crippen molar-refractivity contribution in [1.29, 1.82) is 0 Å². The number of hydrogen-bond acceptors (Lipinski definition) is 4. The number of nitrogens with zero attached hydrogens (tertiary/aromatic N) is 1. The Morgan fingerprint density at radius 2 is 1.78 bits per heavy atom. The lowest BCUT2D eigenvalue weighted by Gasteiger charge is -2.12. The fourth-order valence-electron chi connectivity index (χ4n) is 1.43. The van der Waals surface area contributed by atoms with Crippen LogP contribution in [0.4, 0.5) is 0 Å². The van der Waals surface area contributed by atoms with Crippen molar-refractivity contribution in [2.75, 3.05) is 19.8 Å². The second kappa shape index (κ2) is 11.2. The van der Waals surface area contributed by atoms with Gasteiger partial charge >= 0.3 is 0 Å². The Bertz CT molecular complexity index is 549. The Kier molecular flexibility index (Phi) is 10.0. The standard InChI is InChI=1S/C15H17Br2Cl2NO3/c1-10(2)20-23-6-3-5-22-15-12(16)8-11(9-13(15)17)21-7-4-14(18)19/h4,8-9H,3,5-7H2,1-2H3. The molecule has 0 atom stereocenters. The SMILES string of the molecule is CC(C)=NOCCCOc1c(Br)cc(OCC=C(Cl)Cl)cc1Br. The molecule has 0 aliphatic carbocycles. The van der Waals surface area contributed by atoms with Gasteiger partial charge in [-0.25, -0.2) is 0 Å². The van der Waals surface area contributed by atoms with Gasteiger partial charge in [0.15, 0.2) is 0 Å². The molecule has 0 fully saturated rings. The first-order chi connectivity index (χ1) is 10.9. The molecule has 1 rings (SSSR count). The molecule has 0 amide bonds. The van der Waals surface area contributed by atoms with Crippen molar-refractivity contribution in [2.45, 2.75) is 20.3 Å². The van der Waals surface area contributed by atoms with Crippen LogP contribution in [-0.4, -0.2) is 25.5 Å². The second-order valence-electron chi connectivity index (χ2n) is 4.59. The van der Waals surface area contributed by atoms with E-state index in [1.807, 2.05) is 26.0 Å². The van der Waals surface area contributed by atoms with Gasteiger partial charge < -0.3 is 14.3 Å². The molecule has 0 unspecified atom stereocenters. The van der Waals surface area contributed by atoms with Crippen LogP contribution in [0.25, 0.3) is 0 Å². The van der Waals surface area contributed by atoms with Crippen LogP contribution >= 0.6 is 55.1 Å². The molecular formula is C15H17Br2Cl2NO3. The highest BCUT2D eigenvalue weighted by Gasteiger charge is 2.10. The highest BCUT2D eigenvalue weighted by atomic mass is 79.9. The van der Waals surface area contributed by atoms with Crippen molar-refractivity contribution in [2.24, 2.45) is 5.16 Å². The second-order valence-corrected chi connectivity index (χ2v) is 7.31. The first-order valence-corrected chi connectivity index (χ1v) is 9.13. The van der Waals surface area contributed by atoms with E-state index in [-0.39, 0.29) is 11.1 Å². The van der Waals surface area contributed by atoms with Gasteiger partial charge in [-0.3, -0.25) is 0 Å². The zero-order chi connectivity index (χ0) is 17.2. The minimum absolute atomic E-state index is 0.174. The molecule has 0 spiro atoms. The molecule has 0 aliphatic heterocycles. The van der Waals surface area contributed by atoms with Gasteiger partial charge in [-0.1, -0.05) is 28.4 Å². The van der Waals surface area contributed by atoms with E-state index in [2.05, 4.69) is 37.0 Å². The van der Waals surface area contributed by atoms with Crippen LogP contribution in [0.5, 0.6) is 11.5 Å². The Labute approximate surface area is 163 Å². The van der Waals surface area contributed by atoms with Gasteiger partial charge in [0.2, 0.25) is 0 Å². The highest BCUT2D eigenvalue weighted by molar-refractivity contribution is 9.11. The predicted octanol–water partition coefficient (Wildman–Crippen LogP) is 6.09. The third-order valence-electron chi connectivity index (χ3n) is 2.33. The summed E-state index contributed by atoms with van der Waals surface area (Å²) in [6.45, 7) is 5.07. The molecular weight excluding hydrogens is 473 g/mol. The topological polar surface area (TPSA) is 40.0 Å². The van der Waals surface area contributed by atoms with Gasteiger partial charge in [-0.2, -0.15) is 0 Å². The molecule has 1 aromatic rings. The van der Waals surface area contributed by atoms with Crippen LogP contribution in [0.3, 0.4) is 0 Å². The maximum absolute atomic E-state index is 5.74. The number of halogens is 4. The van der Waals surface area contributed by atoms with Crippen LogP contribution in [0.1, 0.15) is 20.3 Å². The third-order valence-corrected chi connectivity index (χ3v) is 3.82.